The Balaban J connectivity index is 2.23. The third kappa shape index (κ3) is 3.56. The number of nitrogens with one attached hydrogen (secondary N) is 1. The normalized spacial score (nSPS) is 10.4. The van der Waals surface area contributed by atoms with Gasteiger partial charge in [-0.25, -0.2) is 4.39 Å². The van der Waals surface area contributed by atoms with Crippen LogP contribution in [0.5, 0.6) is 0 Å². The lowest BCUT2D eigenvalue weighted by atomic mass is 10.1. The molecule has 0 fully saturated rings. The topological polar surface area (TPSA) is 51.1 Å². The Bertz CT molecular complexity index is 722. The van der Waals surface area contributed by atoms with E-state index in [-0.39, 0.29) is 11.1 Å². The van der Waals surface area contributed by atoms with Crippen LogP contribution in [0.3, 0.4) is 0 Å². The van der Waals surface area contributed by atoms with Crippen molar-refractivity contribution < 1.29 is 9.18 Å². The number of carbonyl (C=O) groups is 1. The summed E-state index contributed by atoms with van der Waals surface area (Å²) in [6.07, 6.45) is 2.37. The standard InChI is InChI=1S/C16H17FN2O2/c1-3-8-19-10-12(5-7-15(19)20)18-16(21)13-6-4-11(2)9-14(13)17/h4-7,9-10H,3,8H2,1-2H3,(H,18,21). The molecule has 2 rings (SSSR count). The van der Waals surface area contributed by atoms with E-state index in [2.05, 4.69) is 5.32 Å². The van der Waals surface area contributed by atoms with Crippen molar-refractivity contribution in [3.05, 3.63) is 63.8 Å². The molecule has 1 aromatic carbocycles. The van der Waals surface area contributed by atoms with Crippen molar-refractivity contribution in [2.45, 2.75) is 26.8 Å². The minimum absolute atomic E-state index is 0.0196. The predicted octanol–water partition coefficient (Wildman–Crippen LogP) is 2.96. The van der Waals surface area contributed by atoms with Gasteiger partial charge in [-0.1, -0.05) is 13.0 Å². The number of hydrogen-bond donors (Lipinski definition) is 1. The number of aryl methyl sites for hydroxylation is 2. The second-order valence-corrected chi connectivity index (χ2v) is 4.89. The third-order valence-electron chi connectivity index (χ3n) is 3.08. The van der Waals surface area contributed by atoms with E-state index in [9.17, 15) is 14.0 Å². The summed E-state index contributed by atoms with van der Waals surface area (Å²) in [6.45, 7) is 4.28. The quantitative estimate of drug-likeness (QED) is 0.940. The molecular formula is C16H17FN2O2. The Labute approximate surface area is 122 Å². The van der Waals surface area contributed by atoms with Crippen LogP contribution in [-0.4, -0.2) is 10.5 Å². The van der Waals surface area contributed by atoms with Gasteiger partial charge < -0.3 is 9.88 Å². The van der Waals surface area contributed by atoms with Gasteiger partial charge in [-0.05, 0) is 37.1 Å². The van der Waals surface area contributed by atoms with Gasteiger partial charge >= 0.3 is 0 Å². The van der Waals surface area contributed by atoms with Crippen LogP contribution in [0.1, 0.15) is 29.3 Å². The highest BCUT2D eigenvalue weighted by molar-refractivity contribution is 6.04. The molecule has 1 amide bonds. The number of benzene rings is 1. The molecule has 110 valence electrons. The highest BCUT2D eigenvalue weighted by atomic mass is 19.1. The Morgan fingerprint density at radius 1 is 1.29 bits per heavy atom. The van der Waals surface area contributed by atoms with Crippen molar-refractivity contribution in [2.75, 3.05) is 5.32 Å². The molecule has 0 radical (unpaired) electrons. The molecular weight excluding hydrogens is 271 g/mol. The fourth-order valence-corrected chi connectivity index (χ4v) is 2.02. The molecule has 0 saturated carbocycles. The van der Waals surface area contributed by atoms with E-state index in [1.807, 2.05) is 6.92 Å². The van der Waals surface area contributed by atoms with E-state index in [1.54, 1.807) is 19.2 Å². The Kier molecular flexibility index (Phi) is 4.52. The molecule has 0 aliphatic rings. The molecule has 1 N–H and O–H groups in total. The summed E-state index contributed by atoms with van der Waals surface area (Å²) in [7, 11) is 0. The SMILES string of the molecule is CCCn1cc(NC(=O)c2ccc(C)cc2F)ccc1=O. The molecule has 1 aromatic heterocycles. The van der Waals surface area contributed by atoms with Crippen molar-refractivity contribution in [1.29, 1.82) is 0 Å². The summed E-state index contributed by atoms with van der Waals surface area (Å²) >= 11 is 0. The van der Waals surface area contributed by atoms with Gasteiger partial charge in [-0.2, -0.15) is 0 Å². The summed E-state index contributed by atoms with van der Waals surface area (Å²) < 4.78 is 15.3. The van der Waals surface area contributed by atoms with Crippen LogP contribution in [0.25, 0.3) is 0 Å². The van der Waals surface area contributed by atoms with E-state index in [0.29, 0.717) is 12.2 Å². The van der Waals surface area contributed by atoms with Crippen molar-refractivity contribution in [3.63, 3.8) is 0 Å². The molecule has 0 unspecified atom stereocenters. The Morgan fingerprint density at radius 3 is 2.71 bits per heavy atom. The van der Waals surface area contributed by atoms with Crippen LogP contribution in [0.2, 0.25) is 0 Å². The highest BCUT2D eigenvalue weighted by Gasteiger charge is 2.12. The van der Waals surface area contributed by atoms with Crippen molar-refractivity contribution in [2.24, 2.45) is 0 Å². The fourth-order valence-electron chi connectivity index (χ4n) is 2.02. The maximum absolute atomic E-state index is 13.8. The lowest BCUT2D eigenvalue weighted by molar-refractivity contribution is 0.102. The van der Waals surface area contributed by atoms with Crippen LogP contribution >= 0.6 is 0 Å². The van der Waals surface area contributed by atoms with Gasteiger partial charge in [0.15, 0.2) is 0 Å². The monoisotopic (exact) mass is 288 g/mol. The third-order valence-corrected chi connectivity index (χ3v) is 3.08. The summed E-state index contributed by atoms with van der Waals surface area (Å²) in [6, 6.07) is 7.33. The Morgan fingerprint density at radius 2 is 2.05 bits per heavy atom. The Hall–Kier alpha value is -2.43. The summed E-state index contributed by atoms with van der Waals surface area (Å²) in [5, 5.41) is 2.61. The second-order valence-electron chi connectivity index (χ2n) is 4.89. The number of pyridine rings is 1. The van der Waals surface area contributed by atoms with E-state index < -0.39 is 11.7 Å². The van der Waals surface area contributed by atoms with E-state index in [0.717, 1.165) is 12.0 Å². The molecule has 4 nitrogen and oxygen atoms in total. The molecule has 0 bridgehead atoms. The molecule has 2 aromatic rings. The first-order valence-electron chi connectivity index (χ1n) is 6.79. The van der Waals surface area contributed by atoms with Crippen LogP contribution in [0.15, 0.2) is 41.3 Å². The number of aromatic nitrogens is 1. The number of halogens is 1. The van der Waals surface area contributed by atoms with Crippen molar-refractivity contribution in [1.82, 2.24) is 4.57 Å². The average Bonchev–Trinajstić information content (AvgIpc) is 2.42. The molecule has 1 heterocycles. The van der Waals surface area contributed by atoms with Gasteiger partial charge in [0, 0.05) is 18.8 Å². The van der Waals surface area contributed by atoms with Crippen LogP contribution < -0.4 is 10.9 Å². The molecule has 0 atom stereocenters. The second kappa shape index (κ2) is 6.35. The highest BCUT2D eigenvalue weighted by Crippen LogP contribution is 2.13. The van der Waals surface area contributed by atoms with Gasteiger partial charge in [0.25, 0.3) is 11.5 Å². The maximum Gasteiger partial charge on any atom is 0.258 e. The van der Waals surface area contributed by atoms with E-state index in [1.165, 1.54) is 28.8 Å². The number of carbonyl (C=O) groups excluding carboxylic acids is 1. The number of amides is 1. The number of anilines is 1. The first-order chi connectivity index (χ1) is 10.0. The molecule has 5 heteroatoms. The summed E-state index contributed by atoms with van der Waals surface area (Å²) in [5.74, 6) is -1.09. The molecule has 0 aliphatic heterocycles. The molecule has 0 aliphatic carbocycles. The van der Waals surface area contributed by atoms with E-state index >= 15 is 0 Å². The minimum atomic E-state index is -0.561. The van der Waals surface area contributed by atoms with Gasteiger partial charge in [0.1, 0.15) is 5.82 Å². The van der Waals surface area contributed by atoms with Crippen LogP contribution in [0, 0.1) is 12.7 Å². The zero-order valence-electron chi connectivity index (χ0n) is 12.0. The lowest BCUT2D eigenvalue weighted by Crippen LogP contribution is -2.20. The summed E-state index contributed by atoms with van der Waals surface area (Å²) in [5.41, 5.74) is 1.07. The van der Waals surface area contributed by atoms with E-state index in [4.69, 9.17) is 0 Å². The zero-order valence-corrected chi connectivity index (χ0v) is 12.0. The zero-order chi connectivity index (χ0) is 15.4. The predicted molar refractivity (Wildman–Crippen MR) is 80.1 cm³/mol. The lowest BCUT2D eigenvalue weighted by Gasteiger charge is -2.09. The molecule has 21 heavy (non-hydrogen) atoms. The number of rotatable bonds is 4. The van der Waals surface area contributed by atoms with Crippen molar-refractivity contribution in [3.8, 4) is 0 Å². The smallest absolute Gasteiger partial charge is 0.258 e. The summed E-state index contributed by atoms with van der Waals surface area (Å²) in [4.78, 5) is 23.7. The van der Waals surface area contributed by atoms with Crippen LogP contribution in [0.4, 0.5) is 10.1 Å². The molecule has 0 spiro atoms. The maximum atomic E-state index is 13.8. The van der Waals surface area contributed by atoms with Crippen molar-refractivity contribution >= 4 is 11.6 Å². The van der Waals surface area contributed by atoms with Gasteiger partial charge in [-0.15, -0.1) is 0 Å². The number of hydrogen-bond acceptors (Lipinski definition) is 2. The van der Waals surface area contributed by atoms with Gasteiger partial charge in [0.05, 0.1) is 11.3 Å². The minimum Gasteiger partial charge on any atom is -0.321 e. The largest absolute Gasteiger partial charge is 0.321 e. The molecule has 0 saturated heterocycles. The van der Waals surface area contributed by atoms with Crippen LogP contribution in [-0.2, 0) is 6.54 Å². The number of nitrogens with zero attached hydrogens (tertiary/aromatic N) is 1. The van der Waals surface area contributed by atoms with Gasteiger partial charge in [-0.3, -0.25) is 9.59 Å². The average molecular weight is 288 g/mol. The first kappa shape index (κ1) is 15.0. The first-order valence-corrected chi connectivity index (χ1v) is 6.79. The van der Waals surface area contributed by atoms with Gasteiger partial charge in [0.2, 0.25) is 0 Å². The fraction of sp³-hybridized carbons (Fsp3) is 0.250.